The van der Waals surface area contributed by atoms with Crippen molar-refractivity contribution in [3.63, 3.8) is 0 Å². The van der Waals surface area contributed by atoms with Crippen molar-refractivity contribution in [3.8, 4) is 0 Å². The molecule has 6 nitrogen and oxygen atoms in total. The molecule has 8 heteroatoms. The summed E-state index contributed by atoms with van der Waals surface area (Å²) in [4.78, 5) is 27.8. The summed E-state index contributed by atoms with van der Waals surface area (Å²) in [6.45, 7) is 0.677. The Morgan fingerprint density at radius 2 is 1.83 bits per heavy atom. The largest absolute Gasteiger partial charge is 0.341 e. The molecule has 30 heavy (non-hydrogen) atoms. The molecule has 0 saturated carbocycles. The maximum Gasteiger partial charge on any atom is 0.261 e. The second-order valence-corrected chi connectivity index (χ2v) is 7.62. The number of hydrogen-bond acceptors (Lipinski definition) is 4. The van der Waals surface area contributed by atoms with Crippen molar-refractivity contribution in [3.05, 3.63) is 70.5 Å². The van der Waals surface area contributed by atoms with Crippen LogP contribution < -0.4 is 5.56 Å². The van der Waals surface area contributed by atoms with Gasteiger partial charge in [0.15, 0.2) is 0 Å². The van der Waals surface area contributed by atoms with Gasteiger partial charge in [0, 0.05) is 0 Å². The van der Waals surface area contributed by atoms with Crippen LogP contribution in [-0.4, -0.2) is 37.4 Å². The summed E-state index contributed by atoms with van der Waals surface area (Å²) in [6.07, 6.45) is -0.967. The van der Waals surface area contributed by atoms with Gasteiger partial charge in [-0.3, -0.25) is 14.3 Å². The van der Waals surface area contributed by atoms with Crippen molar-refractivity contribution in [1.29, 1.82) is 0 Å². The van der Waals surface area contributed by atoms with Crippen molar-refractivity contribution < 1.29 is 8.78 Å². The number of rotatable bonds is 5. The van der Waals surface area contributed by atoms with Crippen LogP contribution in [0.15, 0.2) is 53.3 Å². The lowest BCUT2D eigenvalue weighted by Crippen LogP contribution is -2.33. The first-order chi connectivity index (χ1) is 14.6. The second-order valence-electron chi connectivity index (χ2n) is 7.62. The summed E-state index contributed by atoms with van der Waals surface area (Å²) in [5.74, 6) is 1.22. The van der Waals surface area contributed by atoms with E-state index in [0.717, 1.165) is 40.8 Å². The lowest BCUT2D eigenvalue weighted by Gasteiger charge is -2.25. The Morgan fingerprint density at radius 3 is 2.63 bits per heavy atom. The standard InChI is InChI=1S/C22H21F2N5O/c23-19(24)12-29-21(27-15-7-2-1-6-14(15)22(29)30)18-10-5-11-28(18)13-20-25-16-8-3-4-9-17(16)26-20/h1-4,6-9,18-19H,5,10-13H2,(H,25,26). The molecule has 1 aliphatic heterocycles. The summed E-state index contributed by atoms with van der Waals surface area (Å²) in [6, 6.07) is 14.5. The number of hydrogen-bond donors (Lipinski definition) is 1. The van der Waals surface area contributed by atoms with Crippen LogP contribution in [0.5, 0.6) is 0 Å². The van der Waals surface area contributed by atoms with Gasteiger partial charge in [-0.1, -0.05) is 24.3 Å². The quantitative estimate of drug-likeness (QED) is 0.543. The number of H-pyrrole nitrogens is 1. The van der Waals surface area contributed by atoms with Crippen molar-refractivity contribution in [2.75, 3.05) is 6.54 Å². The molecule has 3 heterocycles. The lowest BCUT2D eigenvalue weighted by atomic mass is 10.1. The molecule has 1 aliphatic rings. The molecule has 5 rings (SSSR count). The number of alkyl halides is 2. The molecule has 4 aromatic rings. The van der Waals surface area contributed by atoms with Crippen LogP contribution in [0.4, 0.5) is 8.78 Å². The van der Waals surface area contributed by atoms with Crippen LogP contribution in [0.2, 0.25) is 0 Å². The Hall–Kier alpha value is -3.13. The van der Waals surface area contributed by atoms with E-state index in [1.165, 1.54) is 0 Å². The number of para-hydroxylation sites is 3. The first-order valence-electron chi connectivity index (χ1n) is 10.1. The van der Waals surface area contributed by atoms with Crippen molar-refractivity contribution in [2.24, 2.45) is 0 Å². The SMILES string of the molecule is O=c1c2ccccc2nc(C2CCCN2Cc2nc3ccccc3[nH]2)n1CC(F)F. The number of fused-ring (bicyclic) bond motifs is 2. The molecular formula is C22H21F2N5O. The van der Waals surface area contributed by atoms with Gasteiger partial charge in [0.1, 0.15) is 11.6 Å². The Bertz CT molecular complexity index is 1230. The first kappa shape index (κ1) is 18.9. The van der Waals surface area contributed by atoms with Crippen LogP contribution >= 0.6 is 0 Å². The summed E-state index contributed by atoms with van der Waals surface area (Å²) in [5, 5.41) is 0.365. The van der Waals surface area contributed by atoms with E-state index in [4.69, 9.17) is 0 Å². The number of imidazole rings is 1. The number of aromatic nitrogens is 4. The number of aromatic amines is 1. The number of likely N-dealkylation sites (tertiary alicyclic amines) is 1. The van der Waals surface area contributed by atoms with Gasteiger partial charge in [-0.15, -0.1) is 0 Å². The molecule has 1 saturated heterocycles. The molecule has 0 bridgehead atoms. The molecule has 1 unspecified atom stereocenters. The highest BCUT2D eigenvalue weighted by Crippen LogP contribution is 2.32. The molecule has 154 valence electrons. The maximum absolute atomic E-state index is 13.3. The summed E-state index contributed by atoms with van der Waals surface area (Å²) in [5.41, 5.74) is 1.98. The van der Waals surface area contributed by atoms with E-state index >= 15 is 0 Å². The average Bonchev–Trinajstić information content (AvgIpc) is 3.36. The second kappa shape index (κ2) is 7.60. The highest BCUT2D eigenvalue weighted by atomic mass is 19.3. The third kappa shape index (κ3) is 3.37. The zero-order chi connectivity index (χ0) is 20.7. The van der Waals surface area contributed by atoms with E-state index < -0.39 is 18.5 Å². The average molecular weight is 409 g/mol. The third-order valence-corrected chi connectivity index (χ3v) is 5.66. The van der Waals surface area contributed by atoms with Crippen LogP contribution in [0.1, 0.15) is 30.5 Å². The summed E-state index contributed by atoms with van der Waals surface area (Å²) < 4.78 is 27.8. The number of halogens is 2. The van der Waals surface area contributed by atoms with E-state index in [1.54, 1.807) is 24.3 Å². The lowest BCUT2D eigenvalue weighted by molar-refractivity contribution is 0.120. The Labute approximate surface area is 171 Å². The van der Waals surface area contributed by atoms with Gasteiger partial charge in [0.2, 0.25) is 0 Å². The minimum atomic E-state index is -2.63. The van der Waals surface area contributed by atoms with Crippen molar-refractivity contribution >= 4 is 21.9 Å². The zero-order valence-corrected chi connectivity index (χ0v) is 16.3. The molecule has 2 aromatic heterocycles. The van der Waals surface area contributed by atoms with Crippen molar-refractivity contribution in [2.45, 2.75) is 38.4 Å². The monoisotopic (exact) mass is 409 g/mol. The van der Waals surface area contributed by atoms with Crippen LogP contribution in [-0.2, 0) is 13.1 Å². The molecule has 0 radical (unpaired) electrons. The first-order valence-corrected chi connectivity index (χ1v) is 10.1. The number of nitrogens with one attached hydrogen (secondary N) is 1. The molecule has 2 aromatic carbocycles. The van der Waals surface area contributed by atoms with E-state index in [1.807, 2.05) is 24.3 Å². The van der Waals surface area contributed by atoms with Crippen molar-refractivity contribution in [1.82, 2.24) is 24.4 Å². The minimum absolute atomic E-state index is 0.214. The highest BCUT2D eigenvalue weighted by molar-refractivity contribution is 5.77. The van der Waals surface area contributed by atoms with Gasteiger partial charge in [-0.25, -0.2) is 18.7 Å². The fourth-order valence-corrected chi connectivity index (χ4v) is 4.33. The molecule has 1 fully saturated rings. The van der Waals surface area contributed by atoms with Crippen LogP contribution in [0, 0.1) is 0 Å². The Kier molecular flexibility index (Phi) is 4.78. The topological polar surface area (TPSA) is 66.8 Å². The number of benzene rings is 2. The molecule has 0 aliphatic carbocycles. The molecule has 0 spiro atoms. The maximum atomic E-state index is 13.3. The van der Waals surface area contributed by atoms with E-state index in [0.29, 0.717) is 23.3 Å². The molecule has 1 N–H and O–H groups in total. The zero-order valence-electron chi connectivity index (χ0n) is 16.3. The molecular weight excluding hydrogens is 388 g/mol. The van der Waals surface area contributed by atoms with Gasteiger partial charge in [0.05, 0.1) is 41.1 Å². The fraction of sp³-hybridized carbons (Fsp3) is 0.318. The summed E-state index contributed by atoms with van der Waals surface area (Å²) >= 11 is 0. The normalized spacial score (nSPS) is 17.5. The molecule has 1 atom stereocenters. The Morgan fingerprint density at radius 1 is 1.07 bits per heavy atom. The van der Waals surface area contributed by atoms with E-state index in [2.05, 4.69) is 19.9 Å². The summed E-state index contributed by atoms with van der Waals surface area (Å²) in [7, 11) is 0. The fourth-order valence-electron chi connectivity index (χ4n) is 4.33. The Balaban J connectivity index is 1.55. The minimum Gasteiger partial charge on any atom is -0.341 e. The van der Waals surface area contributed by atoms with E-state index in [-0.39, 0.29) is 6.04 Å². The van der Waals surface area contributed by atoms with E-state index in [9.17, 15) is 13.6 Å². The predicted molar refractivity (Wildman–Crippen MR) is 110 cm³/mol. The third-order valence-electron chi connectivity index (χ3n) is 5.66. The predicted octanol–water partition coefficient (Wildman–Crippen LogP) is 3.88. The highest BCUT2D eigenvalue weighted by Gasteiger charge is 2.31. The van der Waals surface area contributed by atoms with Gasteiger partial charge in [0.25, 0.3) is 12.0 Å². The van der Waals surface area contributed by atoms with Gasteiger partial charge >= 0.3 is 0 Å². The van der Waals surface area contributed by atoms with Crippen LogP contribution in [0.25, 0.3) is 21.9 Å². The molecule has 0 amide bonds. The smallest absolute Gasteiger partial charge is 0.261 e. The number of nitrogens with zero attached hydrogens (tertiary/aromatic N) is 4. The van der Waals surface area contributed by atoms with Crippen LogP contribution in [0.3, 0.4) is 0 Å². The van der Waals surface area contributed by atoms with Gasteiger partial charge in [-0.2, -0.15) is 0 Å². The van der Waals surface area contributed by atoms with Gasteiger partial charge in [-0.05, 0) is 43.7 Å². The van der Waals surface area contributed by atoms with Gasteiger partial charge < -0.3 is 4.98 Å².